The molecular formula is C36H46S6Sn4. The van der Waals surface area contributed by atoms with Gasteiger partial charge in [0, 0.05) is 0 Å². The van der Waals surface area contributed by atoms with E-state index in [-0.39, 0.29) is 0 Å². The Morgan fingerprint density at radius 3 is 0.826 bits per heavy atom. The first-order chi connectivity index (χ1) is 21.3. The van der Waals surface area contributed by atoms with Gasteiger partial charge in [0.15, 0.2) is 0 Å². The molecule has 0 N–H and O–H groups in total. The molecule has 0 fully saturated rings. The van der Waals surface area contributed by atoms with Gasteiger partial charge < -0.3 is 0 Å². The predicted octanol–water partition coefficient (Wildman–Crippen LogP) is 12.6. The van der Waals surface area contributed by atoms with E-state index in [1.807, 2.05) is 22.7 Å². The van der Waals surface area contributed by atoms with Crippen LogP contribution in [-0.4, -0.2) is 73.5 Å². The van der Waals surface area contributed by atoms with Crippen LogP contribution in [-0.2, 0) is 0 Å². The van der Waals surface area contributed by atoms with Crippen LogP contribution in [0.5, 0.6) is 0 Å². The molecule has 0 aromatic carbocycles. The summed E-state index contributed by atoms with van der Waals surface area (Å²) in [4.78, 5) is 42.1. The third-order valence-electron chi connectivity index (χ3n) is 8.07. The second kappa shape index (κ2) is 13.7. The van der Waals surface area contributed by atoms with Crippen molar-refractivity contribution in [3.8, 4) is 50.1 Å². The Kier molecular flexibility index (Phi) is 11.1. The SMILES string of the molecule is [CH3][Sn]([CH3])([CH3])[c]1ccc(-c2cc(-c3cc(-c4cc[c]([Sn]([CH3])([CH3])[CH3])s4)c(-c4cc[c]([Sn]([CH3])([CH3])[CH3])s4)s3)sc2-c2cc[c]([Sn]([CH3])([CH3])[CH3])s2)s1. The average molecular weight is 1150 g/mol. The fraction of sp³-hybridized carbons (Fsp3) is 0.333. The van der Waals surface area contributed by atoms with Gasteiger partial charge in [0.05, 0.1) is 0 Å². The average Bonchev–Trinajstić information content (AvgIpc) is 3.77. The molecule has 46 heavy (non-hydrogen) atoms. The fourth-order valence-corrected chi connectivity index (χ4v) is 33.3. The van der Waals surface area contributed by atoms with E-state index in [9.17, 15) is 0 Å². The molecule has 0 aliphatic carbocycles. The molecule has 0 nitrogen and oxygen atoms in total. The third kappa shape index (κ3) is 8.05. The molecule has 0 spiro atoms. The summed E-state index contributed by atoms with van der Waals surface area (Å²) in [5.41, 5.74) is 2.89. The fourth-order valence-electron chi connectivity index (χ4n) is 5.25. The Hall–Kier alpha value is 1.39. The number of hydrogen-bond donors (Lipinski definition) is 0. The second-order valence-electron chi connectivity index (χ2n) is 16.4. The molecule has 6 heterocycles. The van der Waals surface area contributed by atoms with Gasteiger partial charge >= 0.3 is 323 Å². The van der Waals surface area contributed by atoms with Crippen molar-refractivity contribution in [3.05, 3.63) is 60.7 Å². The third-order valence-corrected chi connectivity index (χ3v) is 53.3. The van der Waals surface area contributed by atoms with Gasteiger partial charge in [0.1, 0.15) is 0 Å². The second-order valence-corrected chi connectivity index (χ2v) is 84.5. The quantitative estimate of drug-likeness (QED) is 0.127. The summed E-state index contributed by atoms with van der Waals surface area (Å²) in [5, 5.41) is 0. The van der Waals surface area contributed by atoms with Crippen molar-refractivity contribution >= 4 is 153 Å². The van der Waals surface area contributed by atoms with E-state index >= 15 is 0 Å². The summed E-state index contributed by atoms with van der Waals surface area (Å²) in [5.74, 6) is 0. The summed E-state index contributed by atoms with van der Waals surface area (Å²) < 4.78 is 6.66. The van der Waals surface area contributed by atoms with E-state index in [1.165, 1.54) is 50.1 Å². The Labute approximate surface area is 317 Å². The van der Waals surface area contributed by atoms with Crippen LogP contribution in [0.3, 0.4) is 0 Å². The summed E-state index contributed by atoms with van der Waals surface area (Å²) >= 11 is 3.70. The van der Waals surface area contributed by atoms with Crippen LogP contribution in [0, 0.1) is 0 Å². The number of rotatable bonds is 9. The van der Waals surface area contributed by atoms with E-state index in [2.05, 4.69) is 165 Å². The van der Waals surface area contributed by atoms with E-state index < -0.39 is 73.5 Å². The Balaban J connectivity index is 1.53. The van der Waals surface area contributed by atoms with E-state index in [1.54, 1.807) is 11.6 Å². The minimum absolute atomic E-state index is 1.42. The Bertz CT molecular complexity index is 1710. The van der Waals surface area contributed by atoms with Crippen molar-refractivity contribution in [2.24, 2.45) is 0 Å². The molecule has 10 heteroatoms. The molecule has 0 atom stereocenters. The van der Waals surface area contributed by atoms with Crippen LogP contribution >= 0.6 is 68.0 Å². The maximum absolute atomic E-state index is 2.55. The van der Waals surface area contributed by atoms with E-state index in [0.29, 0.717) is 0 Å². The zero-order valence-corrected chi connectivity index (χ0v) is 45.5. The van der Waals surface area contributed by atoms with Crippen molar-refractivity contribution in [1.82, 2.24) is 0 Å². The predicted molar refractivity (Wildman–Crippen MR) is 233 cm³/mol. The standard InChI is InChI=1S/C24H10S6.12CH3.4Sn/c1-5-17(25-9-1)15-13-21(29-23(15)19-7-3-11-27-19)22-14-16(18-6-2-10-26-18)24(30-22)20-8-4-12-28-20;;;;;;;;;;;;;;;;/h1-8,13-14H;12*1H3;;;;. The molecule has 6 aromatic rings. The molecule has 0 aliphatic heterocycles. The molecule has 0 aliphatic rings. The molecule has 0 radical (unpaired) electrons. The zero-order valence-electron chi connectivity index (χ0n) is 29.2. The minimum atomic E-state index is -2.16. The van der Waals surface area contributed by atoms with E-state index in [0.717, 1.165) is 0 Å². The summed E-state index contributed by atoms with van der Waals surface area (Å²) in [7, 11) is 0. The van der Waals surface area contributed by atoms with Crippen molar-refractivity contribution in [2.75, 3.05) is 0 Å². The first kappa shape index (κ1) is 37.2. The van der Waals surface area contributed by atoms with Crippen molar-refractivity contribution in [3.63, 3.8) is 0 Å². The molecule has 0 amide bonds. The van der Waals surface area contributed by atoms with Crippen molar-refractivity contribution in [1.29, 1.82) is 0 Å². The van der Waals surface area contributed by atoms with E-state index in [4.69, 9.17) is 0 Å². The first-order valence-corrected chi connectivity index (χ1v) is 60.9. The Morgan fingerprint density at radius 1 is 0.304 bits per heavy atom. The zero-order chi connectivity index (χ0) is 33.4. The van der Waals surface area contributed by atoms with Gasteiger partial charge in [-0.15, -0.1) is 0 Å². The molecular weight excluding hydrogens is 1100 g/mol. The van der Waals surface area contributed by atoms with Crippen LogP contribution in [0.1, 0.15) is 0 Å². The molecule has 6 rings (SSSR count). The topological polar surface area (TPSA) is 0 Å². The monoisotopic (exact) mass is 1150 g/mol. The van der Waals surface area contributed by atoms with Crippen LogP contribution in [0.4, 0.5) is 0 Å². The Morgan fingerprint density at radius 2 is 0.565 bits per heavy atom. The van der Waals surface area contributed by atoms with Crippen molar-refractivity contribution < 1.29 is 0 Å². The summed E-state index contributed by atoms with van der Waals surface area (Å²) in [6.07, 6.45) is 0. The van der Waals surface area contributed by atoms with Gasteiger partial charge in [-0.1, -0.05) is 0 Å². The van der Waals surface area contributed by atoms with Crippen LogP contribution < -0.4 is 11.6 Å². The van der Waals surface area contributed by atoms with Gasteiger partial charge in [-0.05, 0) is 0 Å². The normalized spacial score (nSPS) is 13.2. The molecule has 0 saturated heterocycles. The van der Waals surface area contributed by atoms with Crippen LogP contribution in [0.15, 0.2) is 60.7 Å². The molecule has 6 aromatic heterocycles. The van der Waals surface area contributed by atoms with Gasteiger partial charge in [0.2, 0.25) is 0 Å². The molecule has 242 valence electrons. The van der Waals surface area contributed by atoms with Gasteiger partial charge in [-0.3, -0.25) is 0 Å². The molecule has 0 unspecified atom stereocenters. The molecule has 0 bridgehead atoms. The number of hydrogen-bond acceptors (Lipinski definition) is 6. The first-order valence-electron chi connectivity index (χ1n) is 16.0. The summed E-state index contributed by atoms with van der Waals surface area (Å²) in [6.45, 7) is 0. The van der Waals surface area contributed by atoms with Crippen LogP contribution in [0.2, 0.25) is 59.3 Å². The van der Waals surface area contributed by atoms with Gasteiger partial charge in [-0.25, -0.2) is 0 Å². The maximum atomic E-state index is 2.55. The van der Waals surface area contributed by atoms with Gasteiger partial charge in [-0.2, -0.15) is 0 Å². The summed E-state index contributed by atoms with van der Waals surface area (Å²) in [6, 6.07) is 24.6. The molecule has 0 saturated carbocycles. The van der Waals surface area contributed by atoms with Gasteiger partial charge in [0.25, 0.3) is 0 Å². The number of thiophene rings is 6. The van der Waals surface area contributed by atoms with Crippen LogP contribution in [0.25, 0.3) is 50.1 Å². The van der Waals surface area contributed by atoms with Crippen molar-refractivity contribution in [2.45, 2.75) is 59.3 Å².